The first kappa shape index (κ1) is 27.8. The monoisotopic (exact) mass is 516 g/mol. The molecule has 0 saturated carbocycles. The summed E-state index contributed by atoms with van der Waals surface area (Å²) in [5.74, 6) is 1.26. The Morgan fingerprint density at radius 3 is 2.32 bits per heavy atom. The number of carbonyl (C=O) groups is 1. The number of carbonyl (C=O) groups excluding carboxylic acids is 1. The summed E-state index contributed by atoms with van der Waals surface area (Å²) in [6.07, 6.45) is 1.12. The summed E-state index contributed by atoms with van der Waals surface area (Å²) in [7, 11) is 0. The van der Waals surface area contributed by atoms with Crippen molar-refractivity contribution >= 4 is 18.2 Å². The van der Waals surface area contributed by atoms with Gasteiger partial charge in [-0.2, -0.15) is 13.2 Å². The van der Waals surface area contributed by atoms with Gasteiger partial charge in [0.05, 0.1) is 12.2 Å². The molecule has 0 aliphatic rings. The van der Waals surface area contributed by atoms with E-state index in [1.165, 1.54) is 18.4 Å². The number of nitrogens with zero attached hydrogens (tertiary/aromatic N) is 1. The Kier molecular flexibility index (Phi) is 9.02. The Bertz CT molecular complexity index is 1180. The van der Waals surface area contributed by atoms with Crippen LogP contribution in [0.4, 0.5) is 18.0 Å². The minimum atomic E-state index is -4.36. The highest BCUT2D eigenvalue weighted by Crippen LogP contribution is 2.39. The number of hydrogen-bond donors (Lipinski definition) is 1. The normalized spacial score (nSPS) is 13.0. The molecule has 198 valence electrons. The van der Waals surface area contributed by atoms with Crippen molar-refractivity contribution in [2.45, 2.75) is 52.3 Å². The fraction of sp³-hybridized carbons (Fsp3) is 0.357. The number of benzene rings is 2. The van der Waals surface area contributed by atoms with Gasteiger partial charge in [0, 0.05) is 6.08 Å². The molecule has 1 unspecified atom stereocenters. The first-order valence-electron chi connectivity index (χ1n) is 11.9. The second-order valence-electron chi connectivity index (χ2n) is 9.72. The Hall–Kier alpha value is -3.75. The van der Waals surface area contributed by atoms with E-state index in [1.54, 1.807) is 12.2 Å². The third-order valence-corrected chi connectivity index (χ3v) is 5.82. The first-order valence-corrected chi connectivity index (χ1v) is 11.9. The van der Waals surface area contributed by atoms with Crippen LogP contribution in [0.3, 0.4) is 0 Å². The SMILES string of the molecule is CC(C)(C)C(CCCOC(N)=O)c1ccc(OCc2coc(/C=C/c3ccc(C(F)(F)F)cc3)n2)cc1. The maximum Gasteiger partial charge on any atom is 0.416 e. The fourth-order valence-electron chi connectivity index (χ4n) is 3.93. The number of halogens is 3. The highest BCUT2D eigenvalue weighted by molar-refractivity contribution is 5.66. The minimum Gasteiger partial charge on any atom is -0.487 e. The highest BCUT2D eigenvalue weighted by atomic mass is 19.4. The second kappa shape index (κ2) is 12.0. The lowest BCUT2D eigenvalue weighted by molar-refractivity contribution is -0.137. The number of aromatic nitrogens is 1. The molecule has 0 spiro atoms. The van der Waals surface area contributed by atoms with Crippen molar-refractivity contribution in [2.75, 3.05) is 6.61 Å². The van der Waals surface area contributed by atoms with Gasteiger partial charge in [-0.05, 0) is 65.6 Å². The van der Waals surface area contributed by atoms with E-state index in [2.05, 4.69) is 25.8 Å². The van der Waals surface area contributed by atoms with E-state index in [9.17, 15) is 18.0 Å². The molecule has 0 aliphatic carbocycles. The zero-order chi connectivity index (χ0) is 27.1. The van der Waals surface area contributed by atoms with Gasteiger partial charge in [0.25, 0.3) is 0 Å². The van der Waals surface area contributed by atoms with Crippen molar-refractivity contribution in [1.29, 1.82) is 0 Å². The molecular formula is C28H31F3N2O4. The van der Waals surface area contributed by atoms with Gasteiger partial charge in [-0.25, -0.2) is 9.78 Å². The van der Waals surface area contributed by atoms with Crippen molar-refractivity contribution in [3.8, 4) is 5.75 Å². The summed E-state index contributed by atoms with van der Waals surface area (Å²) in [6, 6.07) is 12.7. The standard InChI is InChI=1S/C28H31F3N2O4/c1-27(2,3)24(5-4-16-35-26(32)34)20-9-13-23(14-10-20)36-17-22-18-37-25(33-22)15-8-19-6-11-21(12-7-19)28(29,30)31/h6-15,18,24H,4-5,16-17H2,1-3H3,(H2,32,34)/b15-8+. The zero-order valence-corrected chi connectivity index (χ0v) is 21.0. The predicted molar refractivity (Wildman–Crippen MR) is 135 cm³/mol. The molecule has 0 aliphatic heterocycles. The fourth-order valence-corrected chi connectivity index (χ4v) is 3.93. The van der Waals surface area contributed by atoms with Crippen LogP contribution >= 0.6 is 0 Å². The number of hydrogen-bond acceptors (Lipinski definition) is 5. The summed E-state index contributed by atoms with van der Waals surface area (Å²) in [6.45, 7) is 7.01. The minimum absolute atomic E-state index is 0.0140. The Morgan fingerprint density at radius 1 is 1.05 bits per heavy atom. The van der Waals surface area contributed by atoms with Crippen LogP contribution in [0, 0.1) is 5.41 Å². The van der Waals surface area contributed by atoms with Crippen molar-refractivity contribution in [2.24, 2.45) is 11.1 Å². The summed E-state index contributed by atoms with van der Waals surface area (Å²) in [5, 5.41) is 0. The lowest BCUT2D eigenvalue weighted by Crippen LogP contribution is -2.20. The van der Waals surface area contributed by atoms with Gasteiger partial charge in [-0.1, -0.05) is 45.0 Å². The quantitative estimate of drug-likeness (QED) is 0.283. The molecule has 37 heavy (non-hydrogen) atoms. The van der Waals surface area contributed by atoms with Gasteiger partial charge >= 0.3 is 12.3 Å². The van der Waals surface area contributed by atoms with Crippen LogP contribution in [0.25, 0.3) is 12.2 Å². The first-order chi connectivity index (χ1) is 17.4. The number of amides is 1. The van der Waals surface area contributed by atoms with E-state index in [0.717, 1.165) is 24.1 Å². The van der Waals surface area contributed by atoms with Crippen LogP contribution in [0.2, 0.25) is 0 Å². The van der Waals surface area contributed by atoms with E-state index in [4.69, 9.17) is 19.6 Å². The number of nitrogens with two attached hydrogens (primary N) is 1. The molecule has 9 heteroatoms. The number of rotatable bonds is 10. The van der Waals surface area contributed by atoms with Crippen LogP contribution in [-0.4, -0.2) is 17.7 Å². The molecule has 0 bridgehead atoms. The molecular weight excluding hydrogens is 485 g/mol. The summed E-state index contributed by atoms with van der Waals surface area (Å²) in [4.78, 5) is 15.1. The number of oxazole rings is 1. The molecule has 1 atom stereocenters. The maximum atomic E-state index is 12.7. The van der Waals surface area contributed by atoms with Crippen LogP contribution in [-0.2, 0) is 17.5 Å². The van der Waals surface area contributed by atoms with Gasteiger partial charge in [0.15, 0.2) is 0 Å². The van der Waals surface area contributed by atoms with Crippen molar-refractivity contribution < 1.29 is 31.9 Å². The van der Waals surface area contributed by atoms with Gasteiger partial charge in [-0.3, -0.25) is 0 Å². The number of primary amides is 1. The summed E-state index contributed by atoms with van der Waals surface area (Å²) >= 11 is 0. The van der Waals surface area contributed by atoms with Gasteiger partial charge in [0.1, 0.15) is 24.3 Å². The topological polar surface area (TPSA) is 87.6 Å². The van der Waals surface area contributed by atoms with Crippen LogP contribution < -0.4 is 10.5 Å². The van der Waals surface area contributed by atoms with E-state index in [0.29, 0.717) is 35.9 Å². The largest absolute Gasteiger partial charge is 0.487 e. The van der Waals surface area contributed by atoms with E-state index in [-0.39, 0.29) is 17.9 Å². The van der Waals surface area contributed by atoms with Crippen LogP contribution in [0.15, 0.2) is 59.2 Å². The Balaban J connectivity index is 1.54. The molecule has 3 rings (SSSR count). The van der Waals surface area contributed by atoms with E-state index in [1.807, 2.05) is 24.3 Å². The van der Waals surface area contributed by atoms with Gasteiger partial charge in [-0.15, -0.1) is 0 Å². The smallest absolute Gasteiger partial charge is 0.416 e. The number of ether oxygens (including phenoxy) is 2. The molecule has 1 amide bonds. The van der Waals surface area contributed by atoms with Crippen molar-refractivity contribution in [3.63, 3.8) is 0 Å². The molecule has 0 saturated heterocycles. The molecule has 3 aromatic rings. The molecule has 0 fully saturated rings. The summed E-state index contributed by atoms with van der Waals surface area (Å²) < 4.78 is 54.1. The van der Waals surface area contributed by atoms with Crippen LogP contribution in [0.5, 0.6) is 5.75 Å². The number of alkyl halides is 3. The third kappa shape index (κ3) is 8.70. The van der Waals surface area contributed by atoms with E-state index < -0.39 is 17.8 Å². The lowest BCUT2D eigenvalue weighted by Gasteiger charge is -2.31. The second-order valence-corrected chi connectivity index (χ2v) is 9.72. The average Bonchev–Trinajstić information content (AvgIpc) is 3.28. The third-order valence-electron chi connectivity index (χ3n) is 5.82. The molecule has 0 radical (unpaired) electrons. The van der Waals surface area contributed by atoms with Crippen molar-refractivity contribution in [1.82, 2.24) is 4.98 Å². The average molecular weight is 517 g/mol. The Labute approximate surface area is 214 Å². The highest BCUT2D eigenvalue weighted by Gasteiger charge is 2.30. The Morgan fingerprint density at radius 2 is 1.73 bits per heavy atom. The van der Waals surface area contributed by atoms with E-state index >= 15 is 0 Å². The summed E-state index contributed by atoms with van der Waals surface area (Å²) in [5.41, 5.74) is 6.69. The van der Waals surface area contributed by atoms with Crippen molar-refractivity contribution in [3.05, 3.63) is 83.1 Å². The van der Waals surface area contributed by atoms with Gasteiger partial charge in [0.2, 0.25) is 5.89 Å². The van der Waals surface area contributed by atoms with Gasteiger partial charge < -0.3 is 19.6 Å². The zero-order valence-electron chi connectivity index (χ0n) is 21.0. The predicted octanol–water partition coefficient (Wildman–Crippen LogP) is 7.45. The lowest BCUT2D eigenvalue weighted by atomic mass is 9.74. The molecule has 2 aromatic carbocycles. The molecule has 1 aromatic heterocycles. The maximum absolute atomic E-state index is 12.7. The molecule has 6 nitrogen and oxygen atoms in total. The molecule has 1 heterocycles. The molecule has 2 N–H and O–H groups in total. The van der Waals surface area contributed by atoms with Crippen LogP contribution in [0.1, 0.15) is 67.8 Å².